The van der Waals surface area contributed by atoms with Gasteiger partial charge in [0.2, 0.25) is 0 Å². The molecule has 1 atom stereocenters. The molecule has 0 aromatic carbocycles. The molecule has 0 radical (unpaired) electrons. The molecule has 1 aliphatic rings. The van der Waals surface area contributed by atoms with E-state index in [1.165, 1.54) is 4.68 Å². The molecular weight excluding hydrogens is 206 g/mol. The maximum Gasteiger partial charge on any atom is 0.329 e. The molecule has 1 heterocycles. The first kappa shape index (κ1) is 11.1. The molecule has 0 spiro atoms. The van der Waals surface area contributed by atoms with Crippen LogP contribution in [0.1, 0.15) is 51.3 Å². The zero-order valence-corrected chi connectivity index (χ0v) is 9.84. The van der Waals surface area contributed by atoms with Gasteiger partial charge in [0.25, 0.3) is 0 Å². The average Bonchev–Trinajstić information content (AvgIpc) is 2.85. The third-order valence-corrected chi connectivity index (χ3v) is 2.84. The Morgan fingerprint density at radius 1 is 1.56 bits per heavy atom. The zero-order valence-electron chi connectivity index (χ0n) is 9.84. The Hall–Kier alpha value is -1.39. The fourth-order valence-electron chi connectivity index (χ4n) is 1.86. The van der Waals surface area contributed by atoms with Gasteiger partial charge >= 0.3 is 5.97 Å². The summed E-state index contributed by atoms with van der Waals surface area (Å²) in [5, 5.41) is 17.2. The Balaban J connectivity index is 2.27. The second kappa shape index (κ2) is 3.57. The van der Waals surface area contributed by atoms with E-state index in [-0.39, 0.29) is 5.41 Å². The van der Waals surface area contributed by atoms with Crippen LogP contribution in [0, 0.1) is 5.41 Å². The maximum absolute atomic E-state index is 11.3. The van der Waals surface area contributed by atoms with Crippen LogP contribution in [0.2, 0.25) is 0 Å². The highest BCUT2D eigenvalue weighted by molar-refractivity contribution is 5.72. The molecule has 5 nitrogen and oxygen atoms in total. The molecule has 1 aromatic heterocycles. The minimum absolute atomic E-state index is 0.375. The normalized spacial score (nSPS) is 18.4. The second-order valence-corrected chi connectivity index (χ2v) is 5.50. The first-order chi connectivity index (χ1) is 7.39. The number of hydrogen-bond donors (Lipinski definition) is 1. The third-order valence-electron chi connectivity index (χ3n) is 2.84. The van der Waals surface area contributed by atoms with Crippen LogP contribution >= 0.6 is 0 Å². The van der Waals surface area contributed by atoms with Crippen LogP contribution in [0.5, 0.6) is 0 Å². The van der Waals surface area contributed by atoms with Crippen LogP contribution in [0.3, 0.4) is 0 Å². The molecule has 1 saturated carbocycles. The number of carbonyl (C=O) groups is 1. The van der Waals surface area contributed by atoms with Gasteiger partial charge in [-0.25, -0.2) is 9.48 Å². The molecule has 2 rings (SSSR count). The topological polar surface area (TPSA) is 68.0 Å². The lowest BCUT2D eigenvalue weighted by molar-refractivity contribution is -0.144. The summed E-state index contributed by atoms with van der Waals surface area (Å²) in [5.74, 6) is -0.358. The first-order valence-corrected chi connectivity index (χ1v) is 5.54. The van der Waals surface area contributed by atoms with E-state index in [0.29, 0.717) is 5.92 Å². The Morgan fingerprint density at radius 3 is 2.62 bits per heavy atom. The maximum atomic E-state index is 11.3. The van der Waals surface area contributed by atoms with Gasteiger partial charge in [0.15, 0.2) is 6.04 Å². The number of rotatable bonds is 3. The number of aromatic nitrogens is 3. The number of nitrogens with zero attached hydrogens (tertiary/aromatic N) is 3. The number of hydrogen-bond acceptors (Lipinski definition) is 3. The van der Waals surface area contributed by atoms with Crippen molar-refractivity contribution < 1.29 is 9.90 Å². The van der Waals surface area contributed by atoms with Gasteiger partial charge in [-0.2, -0.15) is 0 Å². The minimum Gasteiger partial charge on any atom is -0.480 e. The first-order valence-electron chi connectivity index (χ1n) is 5.54. The molecule has 0 aliphatic heterocycles. The van der Waals surface area contributed by atoms with E-state index in [0.717, 1.165) is 18.5 Å². The highest BCUT2D eigenvalue weighted by Gasteiger charge is 2.35. The summed E-state index contributed by atoms with van der Waals surface area (Å²) in [6.45, 7) is 5.68. The molecule has 1 fully saturated rings. The highest BCUT2D eigenvalue weighted by Crippen LogP contribution is 2.39. The second-order valence-electron chi connectivity index (χ2n) is 5.50. The quantitative estimate of drug-likeness (QED) is 0.848. The molecule has 1 aliphatic carbocycles. The van der Waals surface area contributed by atoms with Crippen molar-refractivity contribution in [1.82, 2.24) is 15.0 Å². The summed E-state index contributed by atoms with van der Waals surface area (Å²) in [4.78, 5) is 11.3. The van der Waals surface area contributed by atoms with Crippen molar-refractivity contribution in [2.45, 2.75) is 45.6 Å². The van der Waals surface area contributed by atoms with Crippen LogP contribution < -0.4 is 0 Å². The summed E-state index contributed by atoms with van der Waals surface area (Å²) in [5.41, 5.74) is 0.552. The summed E-state index contributed by atoms with van der Waals surface area (Å²) in [7, 11) is 0. The molecule has 0 amide bonds. The summed E-state index contributed by atoms with van der Waals surface area (Å²) in [6.07, 6.45) is 4.07. The predicted octanol–water partition coefficient (Wildman–Crippen LogP) is 1.83. The lowest BCUT2D eigenvalue weighted by atomic mass is 9.87. The Morgan fingerprint density at radius 2 is 2.19 bits per heavy atom. The van der Waals surface area contributed by atoms with Crippen LogP contribution in [-0.2, 0) is 4.79 Å². The van der Waals surface area contributed by atoms with E-state index < -0.39 is 12.0 Å². The SMILES string of the molecule is CC(C)(C)[C@@H](C(=O)O)n1cc(C2CC2)nn1. The van der Waals surface area contributed by atoms with Gasteiger partial charge in [0, 0.05) is 12.1 Å². The average molecular weight is 223 g/mol. The van der Waals surface area contributed by atoms with E-state index in [2.05, 4.69) is 10.3 Å². The van der Waals surface area contributed by atoms with E-state index in [9.17, 15) is 9.90 Å². The molecule has 16 heavy (non-hydrogen) atoms. The summed E-state index contributed by atoms with van der Waals surface area (Å²) in [6, 6.07) is -0.660. The van der Waals surface area contributed by atoms with Crippen molar-refractivity contribution >= 4 is 5.97 Å². The molecular formula is C11H17N3O2. The van der Waals surface area contributed by atoms with Crippen molar-refractivity contribution in [3.63, 3.8) is 0 Å². The Labute approximate surface area is 94.5 Å². The summed E-state index contributed by atoms with van der Waals surface area (Å²) >= 11 is 0. The minimum atomic E-state index is -0.861. The molecule has 5 heteroatoms. The number of carboxylic acids is 1. The van der Waals surface area contributed by atoms with Crippen LogP contribution in [-0.4, -0.2) is 26.1 Å². The smallest absolute Gasteiger partial charge is 0.329 e. The predicted molar refractivity (Wildman–Crippen MR) is 58.1 cm³/mol. The van der Waals surface area contributed by atoms with Crippen LogP contribution in [0.4, 0.5) is 0 Å². The van der Waals surface area contributed by atoms with Gasteiger partial charge in [-0.15, -0.1) is 5.10 Å². The molecule has 88 valence electrons. The fourth-order valence-corrected chi connectivity index (χ4v) is 1.86. The number of aliphatic carboxylic acids is 1. The van der Waals surface area contributed by atoms with Crippen LogP contribution in [0.15, 0.2) is 6.20 Å². The molecule has 1 aromatic rings. The third kappa shape index (κ3) is 2.08. The van der Waals surface area contributed by atoms with Gasteiger partial charge in [-0.3, -0.25) is 0 Å². The van der Waals surface area contributed by atoms with Crippen molar-refractivity contribution in [3.8, 4) is 0 Å². The lowest BCUT2D eigenvalue weighted by Crippen LogP contribution is -2.31. The van der Waals surface area contributed by atoms with Gasteiger partial charge < -0.3 is 5.11 Å². The van der Waals surface area contributed by atoms with E-state index in [4.69, 9.17) is 0 Å². The zero-order chi connectivity index (χ0) is 11.9. The number of carboxylic acid groups (broad SMARTS) is 1. The Kier molecular flexibility index (Phi) is 2.48. The lowest BCUT2D eigenvalue weighted by Gasteiger charge is -2.26. The van der Waals surface area contributed by atoms with Crippen molar-refractivity contribution in [1.29, 1.82) is 0 Å². The highest BCUT2D eigenvalue weighted by atomic mass is 16.4. The van der Waals surface area contributed by atoms with Crippen molar-refractivity contribution in [3.05, 3.63) is 11.9 Å². The standard InChI is InChI=1S/C11H17N3O2/c1-11(2,3)9(10(15)16)14-6-8(12-13-14)7-4-5-7/h6-7,9H,4-5H2,1-3H3,(H,15,16)/t9-/m1/s1. The van der Waals surface area contributed by atoms with Crippen LogP contribution in [0.25, 0.3) is 0 Å². The summed E-state index contributed by atoms with van der Waals surface area (Å²) < 4.78 is 1.48. The van der Waals surface area contributed by atoms with E-state index in [1.54, 1.807) is 6.20 Å². The van der Waals surface area contributed by atoms with Gasteiger partial charge in [-0.05, 0) is 18.3 Å². The largest absolute Gasteiger partial charge is 0.480 e. The van der Waals surface area contributed by atoms with Gasteiger partial charge in [0.1, 0.15) is 0 Å². The molecule has 0 unspecified atom stereocenters. The molecule has 0 bridgehead atoms. The molecule has 0 saturated heterocycles. The van der Waals surface area contributed by atoms with Crippen molar-refractivity contribution in [2.24, 2.45) is 5.41 Å². The van der Waals surface area contributed by atoms with Crippen molar-refractivity contribution in [2.75, 3.05) is 0 Å². The van der Waals surface area contributed by atoms with E-state index >= 15 is 0 Å². The van der Waals surface area contributed by atoms with Gasteiger partial charge in [-0.1, -0.05) is 26.0 Å². The van der Waals surface area contributed by atoms with Gasteiger partial charge in [0.05, 0.1) is 5.69 Å². The monoisotopic (exact) mass is 223 g/mol. The Bertz CT molecular complexity index is 402. The fraction of sp³-hybridized carbons (Fsp3) is 0.727. The van der Waals surface area contributed by atoms with E-state index in [1.807, 2.05) is 20.8 Å². The molecule has 1 N–H and O–H groups in total.